The molecular formula is C18H22N4O3. The molecule has 7 nitrogen and oxygen atoms in total. The van der Waals surface area contributed by atoms with Crippen LogP contribution in [-0.4, -0.2) is 59.8 Å². The van der Waals surface area contributed by atoms with Crippen molar-refractivity contribution in [2.75, 3.05) is 37.7 Å². The van der Waals surface area contributed by atoms with Crippen LogP contribution < -0.4 is 4.90 Å². The van der Waals surface area contributed by atoms with Crippen LogP contribution in [0.3, 0.4) is 0 Å². The lowest BCUT2D eigenvalue weighted by Gasteiger charge is -2.34. The number of aryl methyl sites for hydroxylation is 1. The standard InChI is InChI=1S/C18H22N4O3/c1-13-4-6-14(7-5-13)16-19-18(25-20-16)22-10-8-21(9-11-22)17(23)15-3-2-12-24-15/h4-7,15H,2-3,8-12H2,1H3. The molecule has 0 saturated carbocycles. The predicted octanol–water partition coefficient (Wildman–Crippen LogP) is 1.87. The molecule has 2 saturated heterocycles. The first-order chi connectivity index (χ1) is 12.2. The molecule has 4 rings (SSSR count). The van der Waals surface area contributed by atoms with Crippen molar-refractivity contribution in [1.82, 2.24) is 15.0 Å². The van der Waals surface area contributed by atoms with E-state index in [0.29, 0.717) is 44.6 Å². The van der Waals surface area contributed by atoms with E-state index in [0.717, 1.165) is 18.4 Å². The lowest BCUT2D eigenvalue weighted by atomic mass is 10.1. The number of aromatic nitrogens is 2. The van der Waals surface area contributed by atoms with Crippen molar-refractivity contribution < 1.29 is 14.1 Å². The van der Waals surface area contributed by atoms with Crippen molar-refractivity contribution in [3.8, 4) is 11.4 Å². The Bertz CT molecular complexity index is 729. The van der Waals surface area contributed by atoms with Gasteiger partial charge in [-0.15, -0.1) is 0 Å². The fourth-order valence-electron chi connectivity index (χ4n) is 3.26. The van der Waals surface area contributed by atoms with E-state index in [2.05, 4.69) is 10.1 Å². The molecule has 2 fully saturated rings. The molecule has 2 aliphatic rings. The van der Waals surface area contributed by atoms with E-state index in [4.69, 9.17) is 9.26 Å². The monoisotopic (exact) mass is 342 g/mol. The first-order valence-corrected chi connectivity index (χ1v) is 8.77. The van der Waals surface area contributed by atoms with Crippen molar-refractivity contribution in [2.24, 2.45) is 0 Å². The quantitative estimate of drug-likeness (QED) is 0.848. The minimum Gasteiger partial charge on any atom is -0.368 e. The van der Waals surface area contributed by atoms with E-state index >= 15 is 0 Å². The zero-order valence-electron chi connectivity index (χ0n) is 14.4. The number of hydrogen-bond donors (Lipinski definition) is 0. The van der Waals surface area contributed by atoms with Gasteiger partial charge in [0.2, 0.25) is 5.82 Å². The van der Waals surface area contributed by atoms with Gasteiger partial charge in [0.05, 0.1) is 0 Å². The van der Waals surface area contributed by atoms with Gasteiger partial charge in [0.25, 0.3) is 5.91 Å². The Morgan fingerprint density at radius 3 is 2.60 bits per heavy atom. The molecule has 25 heavy (non-hydrogen) atoms. The smallest absolute Gasteiger partial charge is 0.324 e. The van der Waals surface area contributed by atoms with Crippen molar-refractivity contribution in [1.29, 1.82) is 0 Å². The number of ether oxygens (including phenoxy) is 1. The number of benzene rings is 1. The summed E-state index contributed by atoms with van der Waals surface area (Å²) in [4.78, 5) is 20.8. The first kappa shape index (κ1) is 16.1. The molecule has 0 radical (unpaired) electrons. The molecular weight excluding hydrogens is 320 g/mol. The van der Waals surface area contributed by atoms with Crippen LogP contribution in [0.1, 0.15) is 18.4 Å². The molecule has 7 heteroatoms. The highest BCUT2D eigenvalue weighted by molar-refractivity contribution is 5.81. The third-order valence-corrected chi connectivity index (χ3v) is 4.79. The Balaban J connectivity index is 1.38. The summed E-state index contributed by atoms with van der Waals surface area (Å²) in [5.74, 6) is 0.705. The van der Waals surface area contributed by atoms with Gasteiger partial charge in [0.1, 0.15) is 6.10 Å². The van der Waals surface area contributed by atoms with Crippen molar-refractivity contribution in [3.63, 3.8) is 0 Å². The lowest BCUT2D eigenvalue weighted by Crippen LogP contribution is -2.51. The molecule has 2 aromatic rings. The van der Waals surface area contributed by atoms with E-state index < -0.39 is 0 Å². The van der Waals surface area contributed by atoms with E-state index in [1.807, 2.05) is 41.0 Å². The van der Waals surface area contributed by atoms with Gasteiger partial charge in [-0.25, -0.2) is 0 Å². The summed E-state index contributed by atoms with van der Waals surface area (Å²) in [6.07, 6.45) is 1.56. The topological polar surface area (TPSA) is 71.7 Å². The van der Waals surface area contributed by atoms with E-state index in [1.54, 1.807) is 0 Å². The van der Waals surface area contributed by atoms with Gasteiger partial charge >= 0.3 is 6.01 Å². The minimum absolute atomic E-state index is 0.114. The fourth-order valence-corrected chi connectivity index (χ4v) is 3.26. The number of piperazine rings is 1. The number of nitrogens with zero attached hydrogens (tertiary/aromatic N) is 4. The van der Waals surface area contributed by atoms with Gasteiger partial charge in [-0.2, -0.15) is 4.98 Å². The maximum atomic E-state index is 12.4. The van der Waals surface area contributed by atoms with Crippen LogP contribution in [0.15, 0.2) is 28.8 Å². The fraction of sp³-hybridized carbons (Fsp3) is 0.500. The van der Waals surface area contributed by atoms with Crippen LogP contribution in [0.4, 0.5) is 6.01 Å². The third kappa shape index (κ3) is 3.37. The third-order valence-electron chi connectivity index (χ3n) is 4.79. The molecule has 3 heterocycles. The van der Waals surface area contributed by atoms with Gasteiger partial charge in [0.15, 0.2) is 0 Å². The van der Waals surface area contributed by atoms with Crippen LogP contribution in [-0.2, 0) is 9.53 Å². The summed E-state index contributed by atoms with van der Waals surface area (Å²) in [7, 11) is 0. The summed E-state index contributed by atoms with van der Waals surface area (Å²) >= 11 is 0. The highest BCUT2D eigenvalue weighted by Crippen LogP contribution is 2.22. The van der Waals surface area contributed by atoms with Crippen molar-refractivity contribution in [3.05, 3.63) is 29.8 Å². The largest absolute Gasteiger partial charge is 0.368 e. The summed E-state index contributed by atoms with van der Waals surface area (Å²) in [5, 5.41) is 4.08. The zero-order chi connectivity index (χ0) is 17.2. The number of amides is 1. The summed E-state index contributed by atoms with van der Waals surface area (Å²) in [5.41, 5.74) is 2.13. The second-order valence-corrected chi connectivity index (χ2v) is 6.58. The van der Waals surface area contributed by atoms with Crippen LogP contribution in [0.5, 0.6) is 0 Å². The number of rotatable bonds is 3. The maximum absolute atomic E-state index is 12.4. The van der Waals surface area contributed by atoms with E-state index in [1.165, 1.54) is 5.56 Å². The molecule has 1 aromatic carbocycles. The molecule has 0 bridgehead atoms. The van der Waals surface area contributed by atoms with Crippen LogP contribution >= 0.6 is 0 Å². The molecule has 0 aliphatic carbocycles. The number of anilines is 1. The molecule has 1 amide bonds. The van der Waals surface area contributed by atoms with Gasteiger partial charge in [-0.3, -0.25) is 4.79 Å². The molecule has 1 unspecified atom stereocenters. The van der Waals surface area contributed by atoms with Gasteiger partial charge in [0, 0.05) is 38.3 Å². The zero-order valence-corrected chi connectivity index (χ0v) is 14.4. The SMILES string of the molecule is Cc1ccc(-c2noc(N3CCN(C(=O)C4CCCO4)CC3)n2)cc1. The van der Waals surface area contributed by atoms with Crippen molar-refractivity contribution >= 4 is 11.9 Å². The van der Waals surface area contributed by atoms with Gasteiger partial charge < -0.3 is 19.1 Å². The first-order valence-electron chi connectivity index (χ1n) is 8.77. The second kappa shape index (κ2) is 6.84. The van der Waals surface area contributed by atoms with Gasteiger partial charge in [-0.1, -0.05) is 35.0 Å². The number of carbonyl (C=O) groups excluding carboxylic acids is 1. The highest BCUT2D eigenvalue weighted by atomic mass is 16.5. The molecule has 2 aliphatic heterocycles. The normalized spacial score (nSPS) is 20.9. The minimum atomic E-state index is -0.247. The maximum Gasteiger partial charge on any atom is 0.324 e. The Morgan fingerprint density at radius 2 is 1.92 bits per heavy atom. The predicted molar refractivity (Wildman–Crippen MR) is 92.2 cm³/mol. The second-order valence-electron chi connectivity index (χ2n) is 6.58. The van der Waals surface area contributed by atoms with E-state index in [9.17, 15) is 4.79 Å². The Hall–Kier alpha value is -2.41. The highest BCUT2D eigenvalue weighted by Gasteiger charge is 2.31. The molecule has 132 valence electrons. The number of carbonyl (C=O) groups is 1. The summed E-state index contributed by atoms with van der Waals surface area (Å²) < 4.78 is 10.9. The van der Waals surface area contributed by atoms with Crippen molar-refractivity contribution in [2.45, 2.75) is 25.9 Å². The van der Waals surface area contributed by atoms with Crippen LogP contribution in [0.2, 0.25) is 0 Å². The molecule has 0 spiro atoms. The Labute approximate surface area is 146 Å². The molecule has 0 N–H and O–H groups in total. The van der Waals surface area contributed by atoms with Crippen LogP contribution in [0.25, 0.3) is 11.4 Å². The Kier molecular flexibility index (Phi) is 4.40. The van der Waals surface area contributed by atoms with Gasteiger partial charge in [-0.05, 0) is 19.8 Å². The number of hydrogen-bond acceptors (Lipinski definition) is 6. The summed E-state index contributed by atoms with van der Waals surface area (Å²) in [6, 6.07) is 8.55. The summed E-state index contributed by atoms with van der Waals surface area (Å²) in [6.45, 7) is 5.42. The molecule has 1 aromatic heterocycles. The van der Waals surface area contributed by atoms with Crippen LogP contribution in [0, 0.1) is 6.92 Å². The Morgan fingerprint density at radius 1 is 1.16 bits per heavy atom. The average molecular weight is 342 g/mol. The lowest BCUT2D eigenvalue weighted by molar-refractivity contribution is -0.141. The molecule has 1 atom stereocenters. The van der Waals surface area contributed by atoms with E-state index in [-0.39, 0.29) is 12.0 Å². The average Bonchev–Trinajstić information content (AvgIpc) is 3.34.